The summed E-state index contributed by atoms with van der Waals surface area (Å²) in [4.78, 5) is 11.6. The summed E-state index contributed by atoms with van der Waals surface area (Å²) < 4.78 is 1.94. The molecular weight excluding hydrogens is 230 g/mol. The molecule has 0 aliphatic heterocycles. The van der Waals surface area contributed by atoms with Gasteiger partial charge in [-0.2, -0.15) is 15.1 Å². The number of H-pyrrole nitrogens is 2. The smallest absolute Gasteiger partial charge is 0.231 e. The first-order valence-electron chi connectivity index (χ1n) is 5.71. The lowest BCUT2D eigenvalue weighted by Gasteiger charge is -2.02. The lowest BCUT2D eigenvalue weighted by Crippen LogP contribution is -2.32. The summed E-state index contributed by atoms with van der Waals surface area (Å²) in [5, 5.41) is 7.02. The van der Waals surface area contributed by atoms with E-state index < -0.39 is 0 Å². The van der Waals surface area contributed by atoms with Crippen LogP contribution in [0.15, 0.2) is 24.7 Å². The molecule has 0 unspecified atom stereocenters. The molecule has 92 valence electrons. The zero-order valence-electron chi connectivity index (χ0n) is 9.94. The van der Waals surface area contributed by atoms with Crippen molar-refractivity contribution < 1.29 is 4.68 Å². The van der Waals surface area contributed by atoms with Gasteiger partial charge >= 0.3 is 0 Å². The topological polar surface area (TPSA) is 99.3 Å². The molecule has 0 radical (unpaired) electrons. The van der Waals surface area contributed by atoms with Gasteiger partial charge in [0.15, 0.2) is 6.54 Å². The van der Waals surface area contributed by atoms with Crippen molar-refractivity contribution in [3.8, 4) is 0 Å². The van der Waals surface area contributed by atoms with Crippen molar-refractivity contribution in [2.24, 2.45) is 0 Å². The molecule has 0 aliphatic rings. The van der Waals surface area contributed by atoms with Crippen molar-refractivity contribution in [3.63, 3.8) is 0 Å². The molecule has 0 aliphatic carbocycles. The molecule has 0 fully saturated rings. The Balaban J connectivity index is 1.94. The second-order valence-electron chi connectivity index (χ2n) is 3.94. The van der Waals surface area contributed by atoms with Crippen molar-refractivity contribution in [2.45, 2.75) is 13.5 Å². The van der Waals surface area contributed by atoms with Gasteiger partial charge < -0.3 is 16.0 Å². The number of hydrogen-bond donors (Lipinski definition) is 4. The summed E-state index contributed by atoms with van der Waals surface area (Å²) in [6.07, 6.45) is 5.58. The lowest BCUT2D eigenvalue weighted by molar-refractivity contribution is -0.746. The summed E-state index contributed by atoms with van der Waals surface area (Å²) >= 11 is 0. The first kappa shape index (κ1) is 10.6. The molecule has 7 nitrogen and oxygen atoms in total. The molecule has 0 bridgehead atoms. The van der Waals surface area contributed by atoms with Crippen LogP contribution in [0.25, 0.3) is 11.0 Å². The number of aryl methyl sites for hydroxylation is 1. The number of nitrogens with zero attached hydrogens (tertiary/aromatic N) is 3. The van der Waals surface area contributed by atoms with Crippen molar-refractivity contribution in [1.82, 2.24) is 20.1 Å². The molecule has 3 aromatic heterocycles. The van der Waals surface area contributed by atoms with Gasteiger partial charge in [0.2, 0.25) is 12.1 Å². The van der Waals surface area contributed by atoms with E-state index in [9.17, 15) is 0 Å². The van der Waals surface area contributed by atoms with Gasteiger partial charge in [-0.05, 0) is 13.0 Å². The normalized spacial score (nSPS) is 10.9. The van der Waals surface area contributed by atoms with E-state index in [4.69, 9.17) is 5.73 Å². The summed E-state index contributed by atoms with van der Waals surface area (Å²) in [5.41, 5.74) is 7.48. The molecular formula is C11H14N7+. The van der Waals surface area contributed by atoms with Crippen molar-refractivity contribution in [1.29, 1.82) is 0 Å². The largest absolute Gasteiger partial charge is 0.383 e. The second kappa shape index (κ2) is 4.02. The Bertz CT molecular complexity index is 682. The molecule has 0 spiro atoms. The second-order valence-corrected chi connectivity index (χ2v) is 3.94. The van der Waals surface area contributed by atoms with Crippen molar-refractivity contribution in [2.75, 3.05) is 11.1 Å². The van der Waals surface area contributed by atoms with Crippen molar-refractivity contribution >= 4 is 28.5 Å². The van der Waals surface area contributed by atoms with Crippen LogP contribution in [-0.2, 0) is 6.54 Å². The number of rotatable bonds is 3. The molecule has 5 N–H and O–H groups in total. The van der Waals surface area contributed by atoms with E-state index in [0.717, 1.165) is 23.3 Å². The third kappa shape index (κ3) is 1.75. The predicted octanol–water partition coefficient (Wildman–Crippen LogP) is 0.919. The first-order valence-corrected chi connectivity index (χ1v) is 5.71. The zero-order valence-corrected chi connectivity index (χ0v) is 9.94. The van der Waals surface area contributed by atoms with E-state index in [2.05, 4.69) is 32.3 Å². The third-order valence-corrected chi connectivity index (χ3v) is 2.72. The first-order chi connectivity index (χ1) is 8.76. The minimum absolute atomic E-state index is 0.461. The fourth-order valence-electron chi connectivity index (χ4n) is 1.80. The SMILES string of the molecule is CC[n+]1cc(Nc2nc(N)c3cc[nH]c3n2)c[nH]1. The van der Waals surface area contributed by atoms with Crippen LogP contribution in [0.5, 0.6) is 0 Å². The van der Waals surface area contributed by atoms with Gasteiger partial charge in [-0.1, -0.05) is 0 Å². The van der Waals surface area contributed by atoms with E-state index in [1.807, 2.05) is 23.1 Å². The van der Waals surface area contributed by atoms with Gasteiger partial charge in [0, 0.05) is 6.20 Å². The fourth-order valence-corrected chi connectivity index (χ4v) is 1.80. The summed E-state index contributed by atoms with van der Waals surface area (Å²) in [6.45, 7) is 2.93. The summed E-state index contributed by atoms with van der Waals surface area (Å²) in [5.74, 6) is 0.937. The number of anilines is 3. The summed E-state index contributed by atoms with van der Waals surface area (Å²) in [6, 6.07) is 1.86. The van der Waals surface area contributed by atoms with E-state index in [1.165, 1.54) is 0 Å². The molecule has 18 heavy (non-hydrogen) atoms. The average Bonchev–Trinajstić information content (AvgIpc) is 2.97. The van der Waals surface area contributed by atoms with Crippen LogP contribution in [0.2, 0.25) is 0 Å². The Morgan fingerprint density at radius 2 is 2.33 bits per heavy atom. The van der Waals surface area contributed by atoms with Gasteiger partial charge in [0.1, 0.15) is 17.2 Å². The molecule has 3 rings (SSSR count). The van der Waals surface area contributed by atoms with Gasteiger partial charge in [0.25, 0.3) is 0 Å². The molecule has 0 aromatic carbocycles. The van der Waals surface area contributed by atoms with Crippen LogP contribution >= 0.6 is 0 Å². The van der Waals surface area contributed by atoms with Gasteiger partial charge in [-0.25, -0.2) is 0 Å². The number of aromatic nitrogens is 5. The Morgan fingerprint density at radius 1 is 1.44 bits per heavy atom. The van der Waals surface area contributed by atoms with Gasteiger partial charge in [-0.3, -0.25) is 0 Å². The number of aromatic amines is 2. The third-order valence-electron chi connectivity index (χ3n) is 2.72. The van der Waals surface area contributed by atoms with Crippen molar-refractivity contribution in [3.05, 3.63) is 24.7 Å². The highest BCUT2D eigenvalue weighted by atomic mass is 15.3. The minimum atomic E-state index is 0.461. The predicted molar refractivity (Wildman–Crippen MR) is 68.2 cm³/mol. The van der Waals surface area contributed by atoms with E-state index in [0.29, 0.717) is 11.8 Å². The quantitative estimate of drug-likeness (QED) is 0.515. The molecule has 7 heteroatoms. The van der Waals surface area contributed by atoms with E-state index in [1.54, 1.807) is 6.20 Å². The number of fused-ring (bicyclic) bond motifs is 1. The van der Waals surface area contributed by atoms with Crippen LogP contribution < -0.4 is 15.7 Å². The minimum Gasteiger partial charge on any atom is -0.383 e. The zero-order chi connectivity index (χ0) is 12.5. The lowest BCUT2D eigenvalue weighted by atomic mass is 10.4. The Kier molecular flexibility index (Phi) is 2.36. The summed E-state index contributed by atoms with van der Waals surface area (Å²) in [7, 11) is 0. The standard InChI is InChI=1S/C11H13N7/c1-2-18-6-7(5-14-18)15-11-16-9(12)8-3-4-13-10(8)17-11/h3-6H,2H2,1H3,(H4,12,13,15,16,17)/p+1. The molecule has 0 saturated carbocycles. The highest BCUT2D eigenvalue weighted by molar-refractivity contribution is 5.87. The maximum absolute atomic E-state index is 5.86. The monoisotopic (exact) mass is 244 g/mol. The molecule has 0 saturated heterocycles. The molecule has 0 amide bonds. The van der Waals surface area contributed by atoms with E-state index >= 15 is 0 Å². The number of nitrogens with two attached hydrogens (primary N) is 1. The van der Waals surface area contributed by atoms with Gasteiger partial charge in [0.05, 0.1) is 11.6 Å². The Labute approximate surface area is 103 Å². The van der Waals surface area contributed by atoms with E-state index in [-0.39, 0.29) is 0 Å². The van der Waals surface area contributed by atoms with Crippen LogP contribution in [0, 0.1) is 0 Å². The maximum atomic E-state index is 5.86. The average molecular weight is 244 g/mol. The Hall–Kier alpha value is -2.57. The van der Waals surface area contributed by atoms with Crippen LogP contribution in [-0.4, -0.2) is 20.1 Å². The molecule has 0 atom stereocenters. The van der Waals surface area contributed by atoms with Crippen LogP contribution in [0.3, 0.4) is 0 Å². The highest BCUT2D eigenvalue weighted by Crippen LogP contribution is 2.19. The van der Waals surface area contributed by atoms with Gasteiger partial charge in [-0.15, -0.1) is 4.68 Å². The number of nitrogen functional groups attached to an aromatic ring is 1. The maximum Gasteiger partial charge on any atom is 0.231 e. The number of hydrogen-bond acceptors (Lipinski definition) is 4. The number of nitrogens with one attached hydrogen (secondary N) is 3. The highest BCUT2D eigenvalue weighted by Gasteiger charge is 2.09. The fraction of sp³-hybridized carbons (Fsp3) is 0.182. The molecule has 3 aromatic rings. The molecule has 3 heterocycles. The van der Waals surface area contributed by atoms with Crippen LogP contribution in [0.4, 0.5) is 17.5 Å². The van der Waals surface area contributed by atoms with Crippen LogP contribution in [0.1, 0.15) is 6.92 Å². The Morgan fingerprint density at radius 3 is 3.11 bits per heavy atom.